The molecule has 0 fully saturated rings. The minimum absolute atomic E-state index is 0. The number of carboxylic acid groups (broad SMARTS) is 2. The third-order valence-corrected chi connectivity index (χ3v) is 0.470. The van der Waals surface area contributed by atoms with Gasteiger partial charge in [-0.3, -0.25) is 0 Å². The predicted molar refractivity (Wildman–Crippen MR) is 28.8 cm³/mol. The normalized spacial score (nSPS) is 9.15. The van der Waals surface area contributed by atoms with Gasteiger partial charge in [0.25, 0.3) is 0 Å². The molecule has 0 aromatic rings. The first-order valence-electron chi connectivity index (χ1n) is 2.61. The Labute approximate surface area is 100 Å². The molecule has 0 bridgehead atoms. The molecule has 66 valence electrons. The molecular formula is C5H8O6Zn2+2. The van der Waals surface area contributed by atoms with Crippen LogP contribution in [0.5, 0.6) is 0 Å². The monoisotopic (exact) mass is 292 g/mol. The molecule has 0 saturated carbocycles. The number of aliphatic hydroxyl groups excluding tert-OH is 2. The second-order valence-corrected chi connectivity index (χ2v) is 1.53. The summed E-state index contributed by atoms with van der Waals surface area (Å²) in [5.41, 5.74) is 0. The van der Waals surface area contributed by atoms with Gasteiger partial charge in [0.15, 0.2) is 0 Å². The fraction of sp³-hybridized carbons (Fsp3) is 0.600. The number of carbonyl (C=O) groups is 2. The van der Waals surface area contributed by atoms with Crippen molar-refractivity contribution in [1.82, 2.24) is 0 Å². The van der Waals surface area contributed by atoms with E-state index in [4.69, 9.17) is 20.1 Å². The van der Waals surface area contributed by atoms with Crippen LogP contribution in [0.4, 0.5) is 0 Å². The molecule has 6 nitrogen and oxygen atoms in total. The standard InChI is InChI=1S/C3H6O3.C2H4O3.2Zn/c1-2(4)3(5)6;3-1-2(4)5;;/h2,4H,1H3,(H,5,6);3H,1H2,(H,4,5);;/q;;2*+2/p-2. The largest absolute Gasteiger partial charge is 2.00 e. The number of carboxylic acids is 2. The van der Waals surface area contributed by atoms with E-state index >= 15 is 0 Å². The second kappa shape index (κ2) is 14.6. The van der Waals surface area contributed by atoms with Crippen molar-refractivity contribution in [3.8, 4) is 0 Å². The molecule has 0 radical (unpaired) electrons. The molecule has 0 heterocycles. The van der Waals surface area contributed by atoms with E-state index in [0.717, 1.165) is 6.92 Å². The Balaban J connectivity index is -0.0000000546. The summed E-state index contributed by atoms with van der Waals surface area (Å²) in [6, 6.07) is 0. The van der Waals surface area contributed by atoms with E-state index in [0.29, 0.717) is 0 Å². The van der Waals surface area contributed by atoms with Crippen molar-refractivity contribution in [3.63, 3.8) is 0 Å². The van der Waals surface area contributed by atoms with Crippen LogP contribution < -0.4 is 10.2 Å². The van der Waals surface area contributed by atoms with E-state index in [1.165, 1.54) is 0 Å². The molecule has 2 N–H and O–H groups in total. The third-order valence-electron chi connectivity index (χ3n) is 0.470. The minimum Gasteiger partial charge on any atom is -0.548 e. The van der Waals surface area contributed by atoms with E-state index in [2.05, 4.69) is 0 Å². The molecule has 0 aliphatic carbocycles. The van der Waals surface area contributed by atoms with Crippen molar-refractivity contribution in [2.24, 2.45) is 0 Å². The summed E-state index contributed by atoms with van der Waals surface area (Å²) < 4.78 is 0. The number of hydrogen-bond donors (Lipinski definition) is 2. The van der Waals surface area contributed by atoms with E-state index in [-0.39, 0.29) is 39.0 Å². The summed E-state index contributed by atoms with van der Waals surface area (Å²) >= 11 is 0. The number of aliphatic carboxylic acids is 2. The minimum atomic E-state index is -1.44. The van der Waals surface area contributed by atoms with Crippen molar-refractivity contribution < 1.29 is 69.0 Å². The van der Waals surface area contributed by atoms with Crippen LogP contribution in [0.3, 0.4) is 0 Å². The van der Waals surface area contributed by atoms with Gasteiger partial charge in [-0.2, -0.15) is 0 Å². The molecule has 0 aromatic carbocycles. The van der Waals surface area contributed by atoms with E-state index in [1.54, 1.807) is 0 Å². The summed E-state index contributed by atoms with van der Waals surface area (Å²) in [4.78, 5) is 18.3. The van der Waals surface area contributed by atoms with Gasteiger partial charge in [-0.05, 0) is 6.92 Å². The maximum absolute atomic E-state index is 9.34. The molecule has 0 rings (SSSR count). The molecule has 0 aliphatic rings. The van der Waals surface area contributed by atoms with Gasteiger partial charge < -0.3 is 30.0 Å². The van der Waals surface area contributed by atoms with E-state index < -0.39 is 24.6 Å². The smallest absolute Gasteiger partial charge is 0.548 e. The van der Waals surface area contributed by atoms with Gasteiger partial charge in [0.1, 0.15) is 0 Å². The summed E-state index contributed by atoms with van der Waals surface area (Å²) in [7, 11) is 0. The Morgan fingerprint density at radius 3 is 1.46 bits per heavy atom. The van der Waals surface area contributed by atoms with Gasteiger partial charge in [-0.25, -0.2) is 0 Å². The number of aliphatic hydroxyl groups is 2. The van der Waals surface area contributed by atoms with Gasteiger partial charge in [0, 0.05) is 0 Å². The molecule has 13 heavy (non-hydrogen) atoms. The van der Waals surface area contributed by atoms with Crippen LogP contribution in [0.15, 0.2) is 0 Å². The van der Waals surface area contributed by atoms with Crippen LogP contribution in [0.25, 0.3) is 0 Å². The van der Waals surface area contributed by atoms with Crippen LogP contribution in [-0.2, 0) is 48.5 Å². The van der Waals surface area contributed by atoms with Gasteiger partial charge in [0.2, 0.25) is 0 Å². The molecular weight excluding hydrogens is 287 g/mol. The first-order valence-corrected chi connectivity index (χ1v) is 2.61. The summed E-state index contributed by atoms with van der Waals surface area (Å²) in [6.07, 6.45) is -1.34. The van der Waals surface area contributed by atoms with Crippen LogP contribution in [0.1, 0.15) is 6.92 Å². The van der Waals surface area contributed by atoms with Crippen LogP contribution in [0.2, 0.25) is 0 Å². The third kappa shape index (κ3) is 33.2. The van der Waals surface area contributed by atoms with Crippen LogP contribution >= 0.6 is 0 Å². The molecule has 1 unspecified atom stereocenters. The molecule has 0 aromatic heterocycles. The average molecular weight is 295 g/mol. The zero-order chi connectivity index (χ0) is 9.44. The van der Waals surface area contributed by atoms with Crippen LogP contribution in [-0.4, -0.2) is 34.9 Å². The quantitative estimate of drug-likeness (QED) is 0.499. The average Bonchev–Trinajstić information content (AvgIpc) is 1.89. The molecule has 0 aliphatic heterocycles. The van der Waals surface area contributed by atoms with Crippen molar-refractivity contribution >= 4 is 11.9 Å². The van der Waals surface area contributed by atoms with E-state index in [9.17, 15) is 9.90 Å². The zero-order valence-electron chi connectivity index (χ0n) is 7.23. The van der Waals surface area contributed by atoms with Crippen LogP contribution in [0, 0.1) is 0 Å². The SMILES string of the molecule is CC(O)C(=O)[O-].O=C([O-])CO.[Zn+2].[Zn+2]. The Bertz CT molecular complexity index is 137. The molecule has 0 saturated heterocycles. The maximum Gasteiger partial charge on any atom is 2.00 e. The van der Waals surface area contributed by atoms with Crippen molar-refractivity contribution in [3.05, 3.63) is 0 Å². The van der Waals surface area contributed by atoms with Gasteiger partial charge >= 0.3 is 39.0 Å². The molecule has 1 atom stereocenters. The van der Waals surface area contributed by atoms with Crippen molar-refractivity contribution in [2.75, 3.05) is 6.61 Å². The zero-order valence-corrected chi connectivity index (χ0v) is 13.2. The topological polar surface area (TPSA) is 121 Å². The molecule has 0 amide bonds. The predicted octanol–water partition coefficient (Wildman–Crippen LogP) is -4.16. The van der Waals surface area contributed by atoms with E-state index in [1.807, 2.05) is 0 Å². The fourth-order valence-corrected chi connectivity index (χ4v) is 0. The van der Waals surface area contributed by atoms with Gasteiger partial charge in [-0.15, -0.1) is 0 Å². The number of rotatable bonds is 2. The Morgan fingerprint density at radius 1 is 1.31 bits per heavy atom. The summed E-state index contributed by atoms with van der Waals surface area (Å²) in [5, 5.41) is 33.8. The first-order chi connectivity index (χ1) is 4.91. The Hall–Kier alpha value is 0.107. The number of hydrogen-bond acceptors (Lipinski definition) is 6. The molecule has 0 spiro atoms. The Kier molecular flexibility index (Phi) is 26.1. The first kappa shape index (κ1) is 23.2. The Morgan fingerprint density at radius 2 is 1.46 bits per heavy atom. The fourth-order valence-electron chi connectivity index (χ4n) is 0. The van der Waals surface area contributed by atoms with Crippen molar-refractivity contribution in [1.29, 1.82) is 0 Å². The second-order valence-electron chi connectivity index (χ2n) is 1.53. The van der Waals surface area contributed by atoms with Crippen molar-refractivity contribution in [2.45, 2.75) is 13.0 Å². The number of carbonyl (C=O) groups excluding carboxylic acids is 2. The maximum atomic E-state index is 9.34. The molecule has 8 heteroatoms. The summed E-state index contributed by atoms with van der Waals surface area (Å²) in [6.45, 7) is 0.245. The summed E-state index contributed by atoms with van der Waals surface area (Å²) in [5.74, 6) is -2.87. The van der Waals surface area contributed by atoms with Gasteiger partial charge in [-0.1, -0.05) is 0 Å². The van der Waals surface area contributed by atoms with Gasteiger partial charge in [0.05, 0.1) is 24.6 Å².